The van der Waals surface area contributed by atoms with E-state index in [-0.39, 0.29) is 5.96 Å². The van der Waals surface area contributed by atoms with Gasteiger partial charge >= 0.3 is 0 Å². The van der Waals surface area contributed by atoms with Gasteiger partial charge in [0.15, 0.2) is 0 Å². The molecule has 0 aromatic rings. The van der Waals surface area contributed by atoms with Crippen LogP contribution in [0.15, 0.2) is 5.16 Å². The number of carbonyl (C=O) groups excluding carboxylic acids is 1. The molecule has 0 aliphatic rings. The van der Waals surface area contributed by atoms with Crippen molar-refractivity contribution >= 4 is 12.4 Å². The van der Waals surface area contributed by atoms with Gasteiger partial charge in [-0.2, -0.15) is 0 Å². The monoisotopic (exact) mass is 117 g/mol. The standard InChI is InChI=1S/C3H7N3O2/c1-8-6-3(4)5-2-7/h2H,1H3,(H3,4,5,6,7). The molecule has 1 amide bonds. The highest BCUT2D eigenvalue weighted by atomic mass is 16.6. The van der Waals surface area contributed by atoms with E-state index in [4.69, 9.17) is 5.73 Å². The number of rotatable bonds is 2. The molecule has 0 aliphatic carbocycles. The predicted octanol–water partition coefficient (Wildman–Crippen LogP) is -1.39. The van der Waals surface area contributed by atoms with Crippen molar-refractivity contribution < 1.29 is 9.63 Å². The lowest BCUT2D eigenvalue weighted by Gasteiger charge is -1.91. The van der Waals surface area contributed by atoms with Gasteiger partial charge in [-0.05, 0) is 5.16 Å². The summed E-state index contributed by atoms with van der Waals surface area (Å²) in [6.45, 7) is 0. The molecule has 5 heteroatoms. The van der Waals surface area contributed by atoms with E-state index in [9.17, 15) is 4.79 Å². The molecule has 0 spiro atoms. The normalized spacial score (nSPS) is 10.4. The van der Waals surface area contributed by atoms with Crippen molar-refractivity contribution in [1.82, 2.24) is 5.32 Å². The number of amides is 1. The van der Waals surface area contributed by atoms with Gasteiger partial charge in [0, 0.05) is 0 Å². The molecule has 0 rings (SSSR count). The maximum absolute atomic E-state index is 9.56. The van der Waals surface area contributed by atoms with Gasteiger partial charge in [-0.25, -0.2) is 0 Å². The highest BCUT2D eigenvalue weighted by Gasteiger charge is 1.82. The number of carbonyl (C=O) groups is 1. The van der Waals surface area contributed by atoms with Crippen LogP contribution in [0.1, 0.15) is 0 Å². The average Bonchev–Trinajstić information content (AvgIpc) is 1.68. The summed E-state index contributed by atoms with van der Waals surface area (Å²) < 4.78 is 0. The van der Waals surface area contributed by atoms with Crippen LogP contribution in [0.4, 0.5) is 0 Å². The van der Waals surface area contributed by atoms with E-state index in [1.807, 2.05) is 0 Å². The zero-order valence-corrected chi connectivity index (χ0v) is 4.42. The number of hydrogen-bond acceptors (Lipinski definition) is 3. The Hall–Kier alpha value is -1.26. The number of hydrogen-bond donors (Lipinski definition) is 2. The van der Waals surface area contributed by atoms with Crippen LogP contribution >= 0.6 is 0 Å². The second-order valence-corrected chi connectivity index (χ2v) is 0.921. The van der Waals surface area contributed by atoms with Gasteiger partial charge in [0.1, 0.15) is 7.11 Å². The van der Waals surface area contributed by atoms with Gasteiger partial charge in [-0.15, -0.1) is 0 Å². The molecule has 0 fully saturated rings. The zero-order valence-electron chi connectivity index (χ0n) is 4.42. The molecule has 8 heavy (non-hydrogen) atoms. The summed E-state index contributed by atoms with van der Waals surface area (Å²) in [5, 5.41) is 5.24. The van der Waals surface area contributed by atoms with Crippen molar-refractivity contribution in [3.05, 3.63) is 0 Å². The predicted molar refractivity (Wildman–Crippen MR) is 27.8 cm³/mol. The van der Waals surface area contributed by atoms with Gasteiger partial charge in [0.25, 0.3) is 0 Å². The first-order chi connectivity index (χ1) is 3.81. The van der Waals surface area contributed by atoms with E-state index < -0.39 is 0 Å². The number of nitrogens with two attached hydrogens (primary N) is 1. The maximum atomic E-state index is 9.56. The molecule has 0 unspecified atom stereocenters. The van der Waals surface area contributed by atoms with Gasteiger partial charge in [0.2, 0.25) is 12.4 Å². The highest BCUT2D eigenvalue weighted by Crippen LogP contribution is 1.62. The summed E-state index contributed by atoms with van der Waals surface area (Å²) in [5.74, 6) is -0.0532. The fourth-order valence-electron chi connectivity index (χ4n) is 0.185. The lowest BCUT2D eigenvalue weighted by Crippen LogP contribution is -2.30. The van der Waals surface area contributed by atoms with Crippen molar-refractivity contribution in [3.63, 3.8) is 0 Å². The van der Waals surface area contributed by atoms with Gasteiger partial charge in [-0.3, -0.25) is 10.1 Å². The first kappa shape index (κ1) is 6.74. The zero-order chi connectivity index (χ0) is 6.41. The average molecular weight is 117 g/mol. The van der Waals surface area contributed by atoms with Crippen LogP contribution in [0.2, 0.25) is 0 Å². The lowest BCUT2D eigenvalue weighted by atomic mass is 11.0. The summed E-state index contributed by atoms with van der Waals surface area (Å²) in [4.78, 5) is 13.8. The maximum Gasteiger partial charge on any atom is 0.237 e. The molecule has 0 radical (unpaired) electrons. The lowest BCUT2D eigenvalue weighted by molar-refractivity contribution is -0.108. The molecule has 3 N–H and O–H groups in total. The molecule has 0 aliphatic heterocycles. The quantitative estimate of drug-likeness (QED) is 0.202. The molecular formula is C3H7N3O2. The van der Waals surface area contributed by atoms with Gasteiger partial charge in [-0.1, -0.05) is 0 Å². The first-order valence-electron chi connectivity index (χ1n) is 1.88. The Morgan fingerprint density at radius 1 is 2.00 bits per heavy atom. The van der Waals surface area contributed by atoms with E-state index in [1.54, 1.807) is 0 Å². The number of nitrogens with zero attached hydrogens (tertiary/aromatic N) is 1. The van der Waals surface area contributed by atoms with Gasteiger partial charge < -0.3 is 10.6 Å². The molecule has 0 aromatic carbocycles. The molecule has 0 aromatic heterocycles. The second kappa shape index (κ2) is 3.91. The Kier molecular flexibility index (Phi) is 3.30. The van der Waals surface area contributed by atoms with E-state index in [0.29, 0.717) is 6.41 Å². The van der Waals surface area contributed by atoms with Crippen molar-refractivity contribution in [1.29, 1.82) is 0 Å². The van der Waals surface area contributed by atoms with Gasteiger partial charge in [0.05, 0.1) is 0 Å². The van der Waals surface area contributed by atoms with Crippen LogP contribution in [0.25, 0.3) is 0 Å². The van der Waals surface area contributed by atoms with Crippen LogP contribution < -0.4 is 11.1 Å². The third-order valence-electron chi connectivity index (χ3n) is 0.396. The fraction of sp³-hybridized carbons (Fsp3) is 0.333. The number of nitrogens with one attached hydrogen (secondary N) is 1. The molecule has 46 valence electrons. The molecule has 0 atom stereocenters. The summed E-state index contributed by atoms with van der Waals surface area (Å²) in [6, 6.07) is 0. The third kappa shape index (κ3) is 2.95. The second-order valence-electron chi connectivity index (χ2n) is 0.921. The minimum atomic E-state index is -0.0532. The first-order valence-corrected chi connectivity index (χ1v) is 1.88. The Labute approximate surface area is 46.5 Å². The molecule has 0 saturated heterocycles. The van der Waals surface area contributed by atoms with Crippen molar-refractivity contribution in [2.75, 3.05) is 7.11 Å². The minimum absolute atomic E-state index is 0.0532. The summed E-state index contributed by atoms with van der Waals surface area (Å²) in [5.41, 5.74) is 4.98. The van der Waals surface area contributed by atoms with Crippen LogP contribution in [0, 0.1) is 0 Å². The van der Waals surface area contributed by atoms with Crippen molar-refractivity contribution in [2.24, 2.45) is 10.9 Å². The molecule has 0 saturated carbocycles. The topological polar surface area (TPSA) is 76.7 Å². The minimum Gasteiger partial charge on any atom is -0.396 e. The Morgan fingerprint density at radius 3 is 3.00 bits per heavy atom. The SMILES string of the molecule is CO/N=C(/N)NC=O. The Balaban J connectivity index is 3.44. The molecule has 0 bridgehead atoms. The fourth-order valence-corrected chi connectivity index (χ4v) is 0.185. The van der Waals surface area contributed by atoms with Crippen LogP contribution in [0.3, 0.4) is 0 Å². The van der Waals surface area contributed by atoms with E-state index in [2.05, 4.69) is 15.3 Å². The largest absolute Gasteiger partial charge is 0.396 e. The van der Waals surface area contributed by atoms with E-state index in [0.717, 1.165) is 0 Å². The molecule has 5 nitrogen and oxygen atoms in total. The summed E-state index contributed by atoms with van der Waals surface area (Å²) >= 11 is 0. The number of guanidine groups is 1. The Bertz CT molecular complexity index is 101. The van der Waals surface area contributed by atoms with E-state index in [1.165, 1.54) is 7.11 Å². The smallest absolute Gasteiger partial charge is 0.237 e. The van der Waals surface area contributed by atoms with Crippen LogP contribution in [-0.4, -0.2) is 19.5 Å². The molecular weight excluding hydrogens is 110 g/mol. The number of oxime groups is 1. The summed E-state index contributed by atoms with van der Waals surface area (Å²) in [6.07, 6.45) is 0.415. The van der Waals surface area contributed by atoms with Crippen molar-refractivity contribution in [2.45, 2.75) is 0 Å². The summed E-state index contributed by atoms with van der Waals surface area (Å²) in [7, 11) is 1.33. The third-order valence-corrected chi connectivity index (χ3v) is 0.396. The highest BCUT2D eigenvalue weighted by molar-refractivity contribution is 5.86. The van der Waals surface area contributed by atoms with Crippen molar-refractivity contribution in [3.8, 4) is 0 Å². The van der Waals surface area contributed by atoms with E-state index >= 15 is 0 Å². The van der Waals surface area contributed by atoms with Crippen LogP contribution in [0.5, 0.6) is 0 Å². The van der Waals surface area contributed by atoms with Crippen LogP contribution in [-0.2, 0) is 9.63 Å². The Morgan fingerprint density at radius 2 is 2.62 bits per heavy atom. The molecule has 0 heterocycles.